The van der Waals surface area contributed by atoms with E-state index in [1.807, 2.05) is 6.20 Å². The minimum Gasteiger partial charge on any atom is -0.348 e. The second-order valence-corrected chi connectivity index (χ2v) is 4.61. The predicted octanol–water partition coefficient (Wildman–Crippen LogP) is 2.18. The first-order valence-corrected chi connectivity index (χ1v) is 6.22. The maximum absolute atomic E-state index is 3.98. The Balaban J connectivity index is 2.09. The van der Waals surface area contributed by atoms with Crippen molar-refractivity contribution in [1.82, 2.24) is 9.97 Å². The second-order valence-electron chi connectivity index (χ2n) is 2.55. The summed E-state index contributed by atoms with van der Waals surface area (Å²) in [5.41, 5.74) is 2.60. The van der Waals surface area contributed by atoms with E-state index < -0.39 is 0 Å². The Bertz CT molecular complexity index is 333. The lowest BCUT2D eigenvalue weighted by Gasteiger charge is -1.99. The molecule has 62 valence electrons. The molecule has 0 atom stereocenters. The van der Waals surface area contributed by atoms with Gasteiger partial charge in [-0.05, 0) is 13.7 Å². The lowest BCUT2D eigenvalue weighted by molar-refractivity contribution is 1.11. The van der Waals surface area contributed by atoms with Crippen LogP contribution in [0.2, 0.25) is 0 Å². The zero-order chi connectivity index (χ0) is 8.23. The fourth-order valence-corrected chi connectivity index (χ4v) is 2.60. The van der Waals surface area contributed by atoms with Crippen LogP contribution in [0.3, 0.4) is 0 Å². The van der Waals surface area contributed by atoms with Gasteiger partial charge in [0.25, 0.3) is 0 Å². The lowest BCUT2D eigenvalue weighted by Crippen LogP contribution is -1.88. The SMILES string of the molecule is C1=CC(Cc2cnc[nH]2)=CI=C1. The van der Waals surface area contributed by atoms with Crippen LogP contribution in [-0.4, -0.2) is 14.0 Å². The van der Waals surface area contributed by atoms with Crippen molar-refractivity contribution in [3.63, 3.8) is 0 Å². The number of imidazole rings is 1. The average molecular weight is 272 g/mol. The van der Waals surface area contributed by atoms with Crippen LogP contribution in [0.1, 0.15) is 5.69 Å². The summed E-state index contributed by atoms with van der Waals surface area (Å²) < 4.78 is 4.61. The molecule has 0 saturated heterocycles. The molecular weight excluding hydrogens is 263 g/mol. The highest BCUT2D eigenvalue weighted by atomic mass is 127. The summed E-state index contributed by atoms with van der Waals surface area (Å²) in [7, 11) is 0. The molecule has 12 heavy (non-hydrogen) atoms. The van der Waals surface area contributed by atoms with Gasteiger partial charge in [-0.2, -0.15) is 0 Å². The van der Waals surface area contributed by atoms with E-state index in [2.05, 4.69) is 30.2 Å². The molecule has 0 saturated carbocycles. The Labute approximate surface area is 81.2 Å². The molecule has 3 heteroatoms. The van der Waals surface area contributed by atoms with Gasteiger partial charge in [-0.1, -0.05) is 32.9 Å². The number of nitrogens with one attached hydrogen (secondary N) is 1. The maximum Gasteiger partial charge on any atom is 0.0921 e. The molecule has 0 aliphatic carbocycles. The lowest BCUT2D eigenvalue weighted by atomic mass is 10.1. The summed E-state index contributed by atoms with van der Waals surface area (Å²) in [6.45, 7) is 0. The van der Waals surface area contributed by atoms with Crippen LogP contribution >= 0.6 is 20.7 Å². The van der Waals surface area contributed by atoms with Gasteiger partial charge in [0.15, 0.2) is 0 Å². The number of hydrogen-bond acceptors (Lipinski definition) is 1. The summed E-state index contributed by atoms with van der Waals surface area (Å²) in [6, 6.07) is 0. The summed E-state index contributed by atoms with van der Waals surface area (Å²) in [5.74, 6) is 0. The smallest absolute Gasteiger partial charge is 0.0921 e. The Morgan fingerprint density at radius 3 is 3.17 bits per heavy atom. The van der Waals surface area contributed by atoms with Crippen molar-refractivity contribution in [2.45, 2.75) is 6.42 Å². The highest BCUT2D eigenvalue weighted by molar-refractivity contribution is 14.2. The first-order valence-electron chi connectivity index (χ1n) is 3.73. The number of allylic oxidation sites excluding steroid dienone is 3. The van der Waals surface area contributed by atoms with Crippen molar-refractivity contribution in [3.8, 4) is 0 Å². The van der Waals surface area contributed by atoms with Crippen LogP contribution < -0.4 is 0 Å². The third-order valence-electron chi connectivity index (χ3n) is 1.61. The molecule has 0 unspecified atom stereocenters. The first-order chi connectivity index (χ1) is 5.95. The molecule has 2 heterocycles. The first kappa shape index (κ1) is 7.91. The topological polar surface area (TPSA) is 28.7 Å². The maximum atomic E-state index is 3.98. The predicted molar refractivity (Wildman–Crippen MR) is 59.6 cm³/mol. The van der Waals surface area contributed by atoms with Crippen LogP contribution in [0.15, 0.2) is 34.3 Å². The second kappa shape index (κ2) is 3.80. The summed E-state index contributed by atoms with van der Waals surface area (Å²) in [6.07, 6.45) is 8.92. The van der Waals surface area contributed by atoms with Gasteiger partial charge in [-0.3, -0.25) is 0 Å². The standard InChI is InChI=1S/C9H9IN2/c1-2-8(5-10-3-1)4-9-6-11-7-12-9/h1-3,5-7H,4H2,(H,11,12). The number of H-pyrrole nitrogens is 1. The Hall–Kier alpha value is -0.710. The summed E-state index contributed by atoms with van der Waals surface area (Å²) >= 11 is 0.183. The van der Waals surface area contributed by atoms with Gasteiger partial charge in [0.05, 0.1) is 6.33 Å². The van der Waals surface area contributed by atoms with E-state index in [0.717, 1.165) is 6.42 Å². The molecule has 0 spiro atoms. The third-order valence-corrected chi connectivity index (χ3v) is 3.60. The Morgan fingerprint density at radius 1 is 1.50 bits per heavy atom. The highest BCUT2D eigenvalue weighted by Crippen LogP contribution is 2.14. The minimum atomic E-state index is 0.183. The van der Waals surface area contributed by atoms with Crippen LogP contribution in [0.25, 0.3) is 0 Å². The van der Waals surface area contributed by atoms with E-state index >= 15 is 0 Å². The monoisotopic (exact) mass is 272 g/mol. The van der Waals surface area contributed by atoms with Crippen molar-refractivity contribution in [3.05, 3.63) is 40.0 Å². The number of rotatable bonds is 2. The minimum absolute atomic E-state index is 0.183. The fourth-order valence-electron chi connectivity index (χ4n) is 1.05. The van der Waals surface area contributed by atoms with Crippen molar-refractivity contribution in [2.24, 2.45) is 0 Å². The summed E-state index contributed by atoms with van der Waals surface area (Å²) in [4.78, 5) is 7.08. The van der Waals surface area contributed by atoms with Gasteiger partial charge in [0, 0.05) is 18.3 Å². The third kappa shape index (κ3) is 1.91. The van der Waals surface area contributed by atoms with Gasteiger partial charge in [-0.15, -0.1) is 0 Å². The van der Waals surface area contributed by atoms with Crippen LogP contribution in [-0.2, 0) is 6.42 Å². The largest absolute Gasteiger partial charge is 0.348 e. The normalized spacial score (nSPS) is 15.5. The Kier molecular flexibility index (Phi) is 2.51. The van der Waals surface area contributed by atoms with Gasteiger partial charge in [-0.25, -0.2) is 4.98 Å². The van der Waals surface area contributed by atoms with Crippen molar-refractivity contribution < 1.29 is 0 Å². The number of hydrogen-bond donors (Lipinski definition) is 1. The van der Waals surface area contributed by atoms with Gasteiger partial charge < -0.3 is 4.98 Å². The highest BCUT2D eigenvalue weighted by Gasteiger charge is 1.97. The molecule has 0 radical (unpaired) electrons. The van der Waals surface area contributed by atoms with Crippen LogP contribution in [0.4, 0.5) is 0 Å². The quantitative estimate of drug-likeness (QED) is 0.821. The van der Waals surface area contributed by atoms with Crippen LogP contribution in [0.5, 0.6) is 0 Å². The number of halogens is 1. The molecule has 0 fully saturated rings. The van der Waals surface area contributed by atoms with Gasteiger partial charge in [0.2, 0.25) is 0 Å². The van der Waals surface area contributed by atoms with Gasteiger partial charge >= 0.3 is 0 Å². The Morgan fingerprint density at radius 2 is 2.50 bits per heavy atom. The van der Waals surface area contributed by atoms with E-state index in [0.29, 0.717) is 0 Å². The van der Waals surface area contributed by atoms with Crippen LogP contribution in [0, 0.1) is 0 Å². The zero-order valence-corrected chi connectivity index (χ0v) is 8.65. The molecule has 1 aliphatic rings. The molecule has 0 bridgehead atoms. The zero-order valence-electron chi connectivity index (χ0n) is 6.50. The molecular formula is C9H9IN2. The molecule has 1 aliphatic heterocycles. The summed E-state index contributed by atoms with van der Waals surface area (Å²) in [5, 5.41) is 0. The van der Waals surface area contributed by atoms with Gasteiger partial charge in [0.1, 0.15) is 0 Å². The number of aromatic amines is 1. The van der Waals surface area contributed by atoms with E-state index in [9.17, 15) is 0 Å². The molecule has 2 nitrogen and oxygen atoms in total. The molecule has 0 amide bonds. The molecule has 1 aromatic heterocycles. The molecule has 2 rings (SSSR count). The van der Waals surface area contributed by atoms with E-state index in [1.54, 1.807) is 6.33 Å². The number of aromatic nitrogens is 2. The van der Waals surface area contributed by atoms with Crippen molar-refractivity contribution in [1.29, 1.82) is 0 Å². The fraction of sp³-hybridized carbons (Fsp3) is 0.111. The number of nitrogens with zero attached hydrogens (tertiary/aromatic N) is 1. The molecule has 1 aromatic rings. The van der Waals surface area contributed by atoms with Crippen molar-refractivity contribution in [2.75, 3.05) is 0 Å². The van der Waals surface area contributed by atoms with E-state index in [-0.39, 0.29) is 20.7 Å². The molecule has 0 aromatic carbocycles. The van der Waals surface area contributed by atoms with E-state index in [4.69, 9.17) is 0 Å². The average Bonchev–Trinajstić information content (AvgIpc) is 2.59. The van der Waals surface area contributed by atoms with Crippen molar-refractivity contribution >= 4 is 24.7 Å². The van der Waals surface area contributed by atoms with E-state index in [1.165, 1.54) is 11.3 Å². The molecule has 1 N–H and O–H groups in total.